The van der Waals surface area contributed by atoms with E-state index < -0.39 is 23.4 Å². The molecule has 0 saturated heterocycles. The van der Waals surface area contributed by atoms with Crippen molar-refractivity contribution in [3.8, 4) is 11.5 Å². The Morgan fingerprint density at radius 3 is 2.19 bits per heavy atom. The predicted molar refractivity (Wildman–Crippen MR) is 96.3 cm³/mol. The Bertz CT molecular complexity index is 820. The molecule has 0 aliphatic rings. The van der Waals surface area contributed by atoms with Crippen LogP contribution in [0, 0.1) is 11.6 Å². The molecule has 2 aromatic rings. The summed E-state index contributed by atoms with van der Waals surface area (Å²) in [6.07, 6.45) is 0. The van der Waals surface area contributed by atoms with E-state index in [4.69, 9.17) is 9.47 Å². The summed E-state index contributed by atoms with van der Waals surface area (Å²) < 4.78 is 37.2. The zero-order valence-electron chi connectivity index (χ0n) is 15.2. The van der Waals surface area contributed by atoms with Crippen LogP contribution >= 0.6 is 0 Å². The van der Waals surface area contributed by atoms with Crippen LogP contribution in [-0.2, 0) is 4.79 Å². The average Bonchev–Trinajstić information content (AvgIpc) is 2.65. The number of ether oxygens (including phenoxy) is 2. The molecule has 0 fully saturated rings. The van der Waals surface area contributed by atoms with Crippen LogP contribution in [0.25, 0.3) is 0 Å². The molecular formula is C19H20F2N2O4. The number of carbonyl (C=O) groups excluding carboxylic acids is 2. The maximum atomic E-state index is 13.9. The Morgan fingerprint density at radius 1 is 1.04 bits per heavy atom. The number of hydrogen-bond acceptors (Lipinski definition) is 4. The molecule has 0 unspecified atom stereocenters. The van der Waals surface area contributed by atoms with Crippen molar-refractivity contribution in [2.24, 2.45) is 0 Å². The summed E-state index contributed by atoms with van der Waals surface area (Å²) in [5.74, 6) is -1.52. The summed E-state index contributed by atoms with van der Waals surface area (Å²) in [6, 6.07) is 7.66. The van der Waals surface area contributed by atoms with Crippen molar-refractivity contribution < 1.29 is 27.8 Å². The fourth-order valence-corrected chi connectivity index (χ4v) is 2.47. The van der Waals surface area contributed by atoms with Gasteiger partial charge in [-0.2, -0.15) is 0 Å². The monoisotopic (exact) mass is 378 g/mol. The van der Waals surface area contributed by atoms with Gasteiger partial charge in [-0.1, -0.05) is 0 Å². The summed E-state index contributed by atoms with van der Waals surface area (Å²) in [6.45, 7) is 1.34. The number of hydrogen-bond donors (Lipinski definition) is 1. The molecule has 0 saturated carbocycles. The zero-order valence-corrected chi connectivity index (χ0v) is 15.2. The second-order valence-corrected chi connectivity index (χ2v) is 5.62. The number of carbonyl (C=O) groups is 2. The van der Waals surface area contributed by atoms with Gasteiger partial charge >= 0.3 is 0 Å². The van der Waals surface area contributed by atoms with Gasteiger partial charge in [0, 0.05) is 37.7 Å². The van der Waals surface area contributed by atoms with Crippen molar-refractivity contribution in [3.63, 3.8) is 0 Å². The van der Waals surface area contributed by atoms with Crippen molar-refractivity contribution >= 4 is 17.5 Å². The van der Waals surface area contributed by atoms with Crippen LogP contribution in [0.5, 0.6) is 11.5 Å². The lowest BCUT2D eigenvalue weighted by molar-refractivity contribution is -0.116. The van der Waals surface area contributed by atoms with E-state index in [1.165, 1.54) is 27.2 Å². The van der Waals surface area contributed by atoms with Gasteiger partial charge in [-0.25, -0.2) is 8.78 Å². The topological polar surface area (TPSA) is 67.9 Å². The number of benzene rings is 2. The number of amides is 2. The minimum atomic E-state index is -0.853. The third-order valence-corrected chi connectivity index (χ3v) is 3.82. The van der Waals surface area contributed by atoms with Gasteiger partial charge in [-0.15, -0.1) is 0 Å². The van der Waals surface area contributed by atoms with Crippen LogP contribution in [0.3, 0.4) is 0 Å². The summed E-state index contributed by atoms with van der Waals surface area (Å²) in [7, 11) is 2.94. The minimum absolute atomic E-state index is 0.0186. The van der Waals surface area contributed by atoms with Gasteiger partial charge in [0.2, 0.25) is 5.91 Å². The quantitative estimate of drug-likeness (QED) is 0.805. The molecule has 2 aromatic carbocycles. The summed E-state index contributed by atoms with van der Waals surface area (Å²) in [4.78, 5) is 25.3. The van der Waals surface area contributed by atoms with E-state index >= 15 is 0 Å². The molecule has 27 heavy (non-hydrogen) atoms. The highest BCUT2D eigenvalue weighted by molar-refractivity contribution is 5.95. The Morgan fingerprint density at radius 2 is 1.67 bits per heavy atom. The fourth-order valence-electron chi connectivity index (χ4n) is 2.47. The molecule has 0 radical (unpaired) electrons. The standard InChI is InChI=1S/C19H20F2N2O4/c1-12(24)23(18-5-4-14(20)10-17(18)21)7-6-22-19(25)13-8-15(26-2)11-16(9-13)27-3/h4-5,8-11H,6-7H2,1-3H3,(H,22,25). The highest BCUT2D eigenvalue weighted by Gasteiger charge is 2.17. The molecule has 144 valence electrons. The van der Waals surface area contributed by atoms with Crippen molar-refractivity contribution in [1.29, 1.82) is 0 Å². The first-order chi connectivity index (χ1) is 12.8. The SMILES string of the molecule is COc1cc(OC)cc(C(=O)NCCN(C(C)=O)c2ccc(F)cc2F)c1. The normalized spacial score (nSPS) is 10.3. The van der Waals surface area contributed by atoms with E-state index in [9.17, 15) is 18.4 Å². The molecule has 0 aliphatic heterocycles. The van der Waals surface area contributed by atoms with Gasteiger partial charge in [0.15, 0.2) is 0 Å². The summed E-state index contributed by atoms with van der Waals surface area (Å²) >= 11 is 0. The van der Waals surface area contributed by atoms with Gasteiger partial charge in [0.25, 0.3) is 5.91 Å². The molecule has 0 atom stereocenters. The van der Waals surface area contributed by atoms with Crippen LogP contribution in [0.15, 0.2) is 36.4 Å². The van der Waals surface area contributed by atoms with Crippen molar-refractivity contribution in [1.82, 2.24) is 5.32 Å². The molecule has 0 spiro atoms. The molecule has 2 rings (SSSR count). The maximum Gasteiger partial charge on any atom is 0.251 e. The Labute approximate surface area is 155 Å². The number of nitrogens with one attached hydrogen (secondary N) is 1. The van der Waals surface area contributed by atoms with Crippen molar-refractivity contribution in [2.75, 3.05) is 32.2 Å². The molecule has 0 bridgehead atoms. The number of anilines is 1. The first-order valence-corrected chi connectivity index (χ1v) is 8.10. The van der Waals surface area contributed by atoms with E-state index in [1.807, 2.05) is 0 Å². The maximum absolute atomic E-state index is 13.9. The second-order valence-electron chi connectivity index (χ2n) is 5.62. The predicted octanol–water partition coefficient (Wildman–Crippen LogP) is 2.76. The number of halogens is 2. The molecule has 0 aromatic heterocycles. The molecular weight excluding hydrogens is 358 g/mol. The minimum Gasteiger partial charge on any atom is -0.497 e. The van der Waals surface area contributed by atoms with Crippen LogP contribution in [0.4, 0.5) is 14.5 Å². The lowest BCUT2D eigenvalue weighted by Gasteiger charge is -2.22. The van der Waals surface area contributed by atoms with Crippen molar-refractivity contribution in [3.05, 3.63) is 53.6 Å². The van der Waals surface area contributed by atoms with Crippen LogP contribution in [-0.4, -0.2) is 39.1 Å². The van der Waals surface area contributed by atoms with Gasteiger partial charge in [-0.3, -0.25) is 9.59 Å². The third kappa shape index (κ3) is 5.16. The first-order valence-electron chi connectivity index (χ1n) is 8.10. The van der Waals surface area contributed by atoms with E-state index in [-0.39, 0.29) is 18.8 Å². The van der Waals surface area contributed by atoms with E-state index in [1.54, 1.807) is 18.2 Å². The number of rotatable bonds is 7. The molecule has 0 heterocycles. The Hall–Kier alpha value is -3.16. The van der Waals surface area contributed by atoms with E-state index in [0.29, 0.717) is 23.1 Å². The third-order valence-electron chi connectivity index (χ3n) is 3.82. The van der Waals surface area contributed by atoms with E-state index in [0.717, 1.165) is 11.0 Å². The van der Waals surface area contributed by atoms with Gasteiger partial charge in [0.05, 0.1) is 19.9 Å². The highest BCUT2D eigenvalue weighted by atomic mass is 19.1. The lowest BCUT2D eigenvalue weighted by Crippen LogP contribution is -2.38. The zero-order chi connectivity index (χ0) is 20.0. The van der Waals surface area contributed by atoms with Gasteiger partial charge in [0.1, 0.15) is 23.1 Å². The molecule has 1 N–H and O–H groups in total. The molecule has 6 nitrogen and oxygen atoms in total. The Balaban J connectivity index is 2.06. The van der Waals surface area contributed by atoms with Crippen LogP contribution in [0.1, 0.15) is 17.3 Å². The lowest BCUT2D eigenvalue weighted by atomic mass is 10.2. The van der Waals surface area contributed by atoms with Crippen LogP contribution in [0.2, 0.25) is 0 Å². The molecule has 8 heteroatoms. The first kappa shape index (κ1) is 20.2. The summed E-state index contributed by atoms with van der Waals surface area (Å²) in [5, 5.41) is 2.65. The summed E-state index contributed by atoms with van der Waals surface area (Å²) in [5.41, 5.74) is 0.259. The highest BCUT2D eigenvalue weighted by Crippen LogP contribution is 2.23. The molecule has 2 amide bonds. The smallest absolute Gasteiger partial charge is 0.251 e. The van der Waals surface area contributed by atoms with Crippen LogP contribution < -0.4 is 19.7 Å². The largest absolute Gasteiger partial charge is 0.497 e. The van der Waals surface area contributed by atoms with Crippen molar-refractivity contribution in [2.45, 2.75) is 6.92 Å². The molecule has 0 aliphatic carbocycles. The average molecular weight is 378 g/mol. The van der Waals surface area contributed by atoms with Gasteiger partial charge < -0.3 is 19.7 Å². The Kier molecular flexibility index (Phi) is 6.70. The van der Waals surface area contributed by atoms with Gasteiger partial charge in [-0.05, 0) is 24.3 Å². The second kappa shape index (κ2) is 8.98. The fraction of sp³-hybridized carbons (Fsp3) is 0.263. The van der Waals surface area contributed by atoms with E-state index in [2.05, 4.69) is 5.32 Å². The number of nitrogens with zero attached hydrogens (tertiary/aromatic N) is 1. The number of methoxy groups -OCH3 is 2.